The molecule has 2 fully saturated rings. The molecule has 0 spiro atoms. The average molecular weight is 515 g/mol. The van der Waals surface area contributed by atoms with Crippen molar-refractivity contribution in [3.63, 3.8) is 0 Å². The predicted molar refractivity (Wildman–Crippen MR) is 135 cm³/mol. The van der Waals surface area contributed by atoms with E-state index in [9.17, 15) is 4.79 Å². The minimum absolute atomic E-state index is 0.208. The van der Waals surface area contributed by atoms with Gasteiger partial charge in [0.05, 0.1) is 29.6 Å². The molecule has 6 nitrogen and oxygen atoms in total. The van der Waals surface area contributed by atoms with Crippen molar-refractivity contribution in [2.45, 2.75) is 25.9 Å². The summed E-state index contributed by atoms with van der Waals surface area (Å²) in [6.07, 6.45) is 5.88. The smallest absolute Gasteiger partial charge is 0.286 e. The van der Waals surface area contributed by atoms with E-state index in [-0.39, 0.29) is 5.91 Å². The quantitative estimate of drug-likeness (QED) is 0.485. The van der Waals surface area contributed by atoms with Gasteiger partial charge in [0.15, 0.2) is 5.69 Å². The Bertz CT molecular complexity index is 1260. The lowest BCUT2D eigenvalue weighted by Gasteiger charge is -2.20. The number of benzene rings is 1. The van der Waals surface area contributed by atoms with Crippen LogP contribution in [0, 0.1) is 11.8 Å². The van der Waals surface area contributed by atoms with Gasteiger partial charge < -0.3 is 4.74 Å². The number of thiophene rings is 1. The van der Waals surface area contributed by atoms with Gasteiger partial charge in [0.1, 0.15) is 0 Å². The van der Waals surface area contributed by atoms with E-state index in [2.05, 4.69) is 28.0 Å². The Morgan fingerprint density at radius 3 is 2.74 bits per heavy atom. The van der Waals surface area contributed by atoms with Crippen LogP contribution in [0.1, 0.15) is 46.6 Å². The molecule has 1 saturated carbocycles. The summed E-state index contributed by atoms with van der Waals surface area (Å²) in [5, 5.41) is 12.0. The number of amides is 1. The van der Waals surface area contributed by atoms with Crippen molar-refractivity contribution < 1.29 is 9.53 Å². The van der Waals surface area contributed by atoms with Gasteiger partial charge in [-0.25, -0.2) is 9.69 Å². The maximum absolute atomic E-state index is 13.4. The maximum atomic E-state index is 13.4. The first-order chi connectivity index (χ1) is 16.6. The highest BCUT2D eigenvalue weighted by atomic mass is 35.5. The fourth-order valence-corrected chi connectivity index (χ4v) is 6.56. The second-order valence-corrected chi connectivity index (χ2v) is 10.8. The molecular weight excluding hydrogens is 491 g/mol. The molecule has 0 bridgehead atoms. The van der Waals surface area contributed by atoms with E-state index in [0.29, 0.717) is 46.5 Å². The van der Waals surface area contributed by atoms with Crippen LogP contribution >= 0.6 is 34.5 Å². The number of halogens is 2. The number of hydrogen-bond acceptors (Lipinski definition) is 5. The zero-order valence-corrected chi connectivity index (χ0v) is 20.8. The zero-order valence-electron chi connectivity index (χ0n) is 18.5. The molecule has 1 aliphatic carbocycles. The summed E-state index contributed by atoms with van der Waals surface area (Å²) in [4.78, 5) is 13.4. The summed E-state index contributed by atoms with van der Waals surface area (Å²) >= 11 is 14.4. The molecule has 2 aromatic heterocycles. The van der Waals surface area contributed by atoms with Crippen LogP contribution in [0.4, 0.5) is 0 Å². The van der Waals surface area contributed by atoms with E-state index >= 15 is 0 Å². The van der Waals surface area contributed by atoms with Crippen LogP contribution in [-0.2, 0) is 11.3 Å². The van der Waals surface area contributed by atoms with Crippen molar-refractivity contribution in [2.75, 3.05) is 19.7 Å². The summed E-state index contributed by atoms with van der Waals surface area (Å²) < 4.78 is 7.68. The highest BCUT2D eigenvalue weighted by molar-refractivity contribution is 7.08. The first kappa shape index (κ1) is 22.3. The van der Waals surface area contributed by atoms with E-state index in [1.165, 1.54) is 19.3 Å². The lowest BCUT2D eigenvalue weighted by Crippen LogP contribution is -2.41. The van der Waals surface area contributed by atoms with Crippen LogP contribution in [0.5, 0.6) is 0 Å². The molecule has 6 rings (SSSR count). The second-order valence-electron chi connectivity index (χ2n) is 9.20. The predicted octanol–water partition coefficient (Wildman–Crippen LogP) is 5.69. The highest BCUT2D eigenvalue weighted by Crippen LogP contribution is 2.38. The van der Waals surface area contributed by atoms with E-state index in [1.807, 2.05) is 11.4 Å². The molecule has 1 saturated heterocycles. The fourth-order valence-electron chi connectivity index (χ4n) is 5.45. The Morgan fingerprint density at radius 1 is 1.18 bits per heavy atom. The molecule has 2 unspecified atom stereocenters. The number of carbonyl (C=O) groups excluding carboxylic acids is 1. The Hall–Kier alpha value is -2.16. The fraction of sp³-hybridized carbons (Fsp3) is 0.360. The van der Waals surface area contributed by atoms with Crippen molar-refractivity contribution in [1.82, 2.24) is 20.2 Å². The lowest BCUT2D eigenvalue weighted by atomic mass is 10.0. The monoisotopic (exact) mass is 514 g/mol. The van der Waals surface area contributed by atoms with Gasteiger partial charge >= 0.3 is 0 Å². The number of fused-ring (bicyclic) bond motifs is 2. The first-order valence-corrected chi connectivity index (χ1v) is 13.2. The number of carbonyl (C=O) groups is 1. The summed E-state index contributed by atoms with van der Waals surface area (Å²) in [6, 6.07) is 7.36. The van der Waals surface area contributed by atoms with Crippen molar-refractivity contribution in [3.05, 3.63) is 67.6 Å². The van der Waals surface area contributed by atoms with Crippen molar-refractivity contribution in [2.24, 2.45) is 11.8 Å². The van der Waals surface area contributed by atoms with Crippen molar-refractivity contribution >= 4 is 52.1 Å². The third-order valence-electron chi connectivity index (χ3n) is 7.01. The Morgan fingerprint density at radius 2 is 2.00 bits per heavy atom. The van der Waals surface area contributed by atoms with Crippen LogP contribution < -0.4 is 5.43 Å². The Balaban J connectivity index is 1.41. The lowest BCUT2D eigenvalue weighted by molar-refractivity contribution is 0.0802. The number of hydrogen-bond donors (Lipinski definition) is 1. The molecule has 1 amide bonds. The minimum atomic E-state index is -0.208. The van der Waals surface area contributed by atoms with Gasteiger partial charge in [-0.2, -0.15) is 16.4 Å². The molecule has 1 aromatic carbocycles. The normalized spacial score (nSPS) is 23.3. The Kier molecular flexibility index (Phi) is 5.99. The van der Waals surface area contributed by atoms with Crippen molar-refractivity contribution in [3.8, 4) is 5.69 Å². The molecule has 3 aromatic rings. The molecule has 2 aliphatic heterocycles. The molecule has 3 aliphatic rings. The van der Waals surface area contributed by atoms with Crippen LogP contribution in [0.2, 0.25) is 10.0 Å². The van der Waals surface area contributed by atoms with Gasteiger partial charge in [-0.3, -0.25) is 10.2 Å². The van der Waals surface area contributed by atoms with Gasteiger partial charge in [-0.1, -0.05) is 29.6 Å². The van der Waals surface area contributed by atoms with Crippen LogP contribution in [0.25, 0.3) is 17.3 Å². The van der Waals surface area contributed by atoms with Gasteiger partial charge in [0, 0.05) is 29.2 Å². The number of ether oxygens (including phenoxy) is 1. The summed E-state index contributed by atoms with van der Waals surface area (Å²) in [5.74, 6) is 1.16. The van der Waals surface area contributed by atoms with Gasteiger partial charge in [0.25, 0.3) is 5.91 Å². The molecule has 2 atom stereocenters. The highest BCUT2D eigenvalue weighted by Gasteiger charge is 2.38. The van der Waals surface area contributed by atoms with Gasteiger partial charge in [-0.05, 0) is 71.3 Å². The number of hydrazine groups is 1. The number of aromatic nitrogens is 2. The summed E-state index contributed by atoms with van der Waals surface area (Å²) in [5.41, 5.74) is 7.82. The summed E-state index contributed by atoms with van der Waals surface area (Å²) in [7, 11) is 0. The molecule has 0 radical (unpaired) electrons. The van der Waals surface area contributed by atoms with Gasteiger partial charge in [-0.15, -0.1) is 0 Å². The minimum Gasteiger partial charge on any atom is -0.372 e. The van der Waals surface area contributed by atoms with E-state index < -0.39 is 0 Å². The van der Waals surface area contributed by atoms with Gasteiger partial charge in [0.2, 0.25) is 0 Å². The summed E-state index contributed by atoms with van der Waals surface area (Å²) in [6.45, 7) is 2.55. The largest absolute Gasteiger partial charge is 0.372 e. The SMILES string of the molecule is O=C(NN1CC2CCCC2C1)c1nn(-c2ccc(Cl)cc2Cl)c2c1COCC2=Cc1ccsc1. The van der Waals surface area contributed by atoms with Crippen LogP contribution in [-0.4, -0.2) is 40.4 Å². The second kappa shape index (κ2) is 9.13. The standard InChI is InChI=1S/C25H24Cl2N4O2S/c26-19-4-5-22(21(27)9-19)31-24-18(8-15-6-7-34-14-15)12-33-13-20(24)23(28-31)25(32)29-30-10-16-2-1-3-17(16)11-30/h4-9,14,16-17H,1-3,10-13H2,(H,29,32). The third-order valence-corrected chi connectivity index (χ3v) is 8.25. The maximum Gasteiger partial charge on any atom is 0.286 e. The molecule has 34 heavy (non-hydrogen) atoms. The zero-order chi connectivity index (χ0) is 23.2. The number of rotatable bonds is 4. The molecule has 9 heteroatoms. The molecule has 1 N–H and O–H groups in total. The Labute approximate surface area is 212 Å². The van der Waals surface area contributed by atoms with Crippen LogP contribution in [0.15, 0.2) is 35.0 Å². The average Bonchev–Trinajstić information content (AvgIpc) is 3.58. The number of nitrogens with one attached hydrogen (secondary N) is 1. The molecule has 176 valence electrons. The topological polar surface area (TPSA) is 59.4 Å². The van der Waals surface area contributed by atoms with E-state index in [4.69, 9.17) is 33.0 Å². The van der Waals surface area contributed by atoms with Crippen LogP contribution in [0.3, 0.4) is 0 Å². The first-order valence-electron chi connectivity index (χ1n) is 11.5. The molecular formula is C25H24Cl2N4O2S. The molecule has 4 heterocycles. The third kappa shape index (κ3) is 4.10. The van der Waals surface area contributed by atoms with E-state index in [1.54, 1.807) is 28.2 Å². The number of nitrogens with zero attached hydrogens (tertiary/aromatic N) is 3. The van der Waals surface area contributed by atoms with E-state index in [0.717, 1.165) is 35.5 Å². The van der Waals surface area contributed by atoms with Crippen molar-refractivity contribution in [1.29, 1.82) is 0 Å².